The predicted molar refractivity (Wildman–Crippen MR) is 71.5 cm³/mol. The molecular formula is C13H19N5. The normalized spacial score (nSPS) is 10.6. The Hall–Kier alpha value is -1.91. The van der Waals surface area contributed by atoms with E-state index in [0.29, 0.717) is 0 Å². The van der Waals surface area contributed by atoms with Gasteiger partial charge in [0, 0.05) is 31.4 Å². The lowest BCUT2D eigenvalue weighted by atomic mass is 10.2. The van der Waals surface area contributed by atoms with Gasteiger partial charge in [-0.05, 0) is 32.4 Å². The maximum atomic E-state index is 4.32. The lowest BCUT2D eigenvalue weighted by Crippen LogP contribution is -2.09. The first-order chi connectivity index (χ1) is 8.85. The zero-order chi connectivity index (χ0) is 12.8. The molecule has 0 aliphatic carbocycles. The molecule has 18 heavy (non-hydrogen) atoms. The van der Waals surface area contributed by atoms with E-state index in [-0.39, 0.29) is 0 Å². The van der Waals surface area contributed by atoms with E-state index in [1.807, 2.05) is 24.4 Å². The molecule has 5 heteroatoms. The molecule has 0 radical (unpaired) electrons. The second kappa shape index (κ2) is 6.14. The van der Waals surface area contributed by atoms with Crippen LogP contribution in [0.1, 0.15) is 25.4 Å². The fourth-order valence-electron chi connectivity index (χ4n) is 1.93. The van der Waals surface area contributed by atoms with E-state index < -0.39 is 0 Å². The van der Waals surface area contributed by atoms with E-state index in [4.69, 9.17) is 0 Å². The third-order valence-corrected chi connectivity index (χ3v) is 2.81. The summed E-state index contributed by atoms with van der Waals surface area (Å²) in [7, 11) is 0. The summed E-state index contributed by atoms with van der Waals surface area (Å²) in [5.41, 5.74) is 1.09. The lowest BCUT2D eigenvalue weighted by Gasteiger charge is -2.07. The number of nitrogens with one attached hydrogen (secondary N) is 1. The van der Waals surface area contributed by atoms with Gasteiger partial charge in [0.2, 0.25) is 5.95 Å². The van der Waals surface area contributed by atoms with Crippen LogP contribution in [0.4, 0.5) is 5.95 Å². The number of aromatic nitrogens is 4. The Labute approximate surface area is 107 Å². The number of hydrogen-bond acceptors (Lipinski definition) is 4. The van der Waals surface area contributed by atoms with Gasteiger partial charge in [-0.25, -0.2) is 0 Å². The minimum atomic E-state index is 0.857. The van der Waals surface area contributed by atoms with E-state index in [1.54, 1.807) is 0 Å². The first kappa shape index (κ1) is 12.5. The second-order valence-corrected chi connectivity index (χ2v) is 4.04. The van der Waals surface area contributed by atoms with Crippen LogP contribution in [-0.2, 0) is 19.4 Å². The molecule has 0 amide bonds. The first-order valence-electron chi connectivity index (χ1n) is 6.41. The van der Waals surface area contributed by atoms with Crippen LogP contribution in [0.5, 0.6) is 0 Å². The molecule has 2 aromatic heterocycles. The maximum Gasteiger partial charge on any atom is 0.224 e. The van der Waals surface area contributed by atoms with E-state index in [0.717, 1.165) is 43.4 Å². The molecule has 0 bridgehead atoms. The second-order valence-electron chi connectivity index (χ2n) is 4.04. The van der Waals surface area contributed by atoms with E-state index >= 15 is 0 Å². The smallest absolute Gasteiger partial charge is 0.224 e. The molecule has 1 N–H and O–H groups in total. The SMILES string of the molecule is CCNc1nnc(CCc2ccccn2)n1CC. The number of aryl methyl sites for hydroxylation is 2. The Balaban J connectivity index is 2.05. The van der Waals surface area contributed by atoms with Gasteiger partial charge < -0.3 is 5.32 Å². The van der Waals surface area contributed by atoms with Crippen molar-refractivity contribution in [3.8, 4) is 0 Å². The summed E-state index contributed by atoms with van der Waals surface area (Å²) in [4.78, 5) is 4.32. The van der Waals surface area contributed by atoms with Gasteiger partial charge >= 0.3 is 0 Å². The molecule has 0 atom stereocenters. The summed E-state index contributed by atoms with van der Waals surface area (Å²) >= 11 is 0. The molecule has 2 rings (SSSR count). The largest absolute Gasteiger partial charge is 0.355 e. The topological polar surface area (TPSA) is 55.6 Å². The highest BCUT2D eigenvalue weighted by atomic mass is 15.3. The Kier molecular flexibility index (Phi) is 4.28. The molecule has 0 spiro atoms. The third-order valence-electron chi connectivity index (χ3n) is 2.81. The molecular weight excluding hydrogens is 226 g/mol. The first-order valence-corrected chi connectivity index (χ1v) is 6.41. The highest BCUT2D eigenvalue weighted by Crippen LogP contribution is 2.09. The predicted octanol–water partition coefficient (Wildman–Crippen LogP) is 1.91. The van der Waals surface area contributed by atoms with Gasteiger partial charge in [-0.15, -0.1) is 10.2 Å². The van der Waals surface area contributed by atoms with Crippen molar-refractivity contribution in [1.29, 1.82) is 0 Å². The summed E-state index contributed by atoms with van der Waals surface area (Å²) in [6.07, 6.45) is 3.58. The zero-order valence-corrected chi connectivity index (χ0v) is 10.9. The molecule has 0 saturated carbocycles. The molecule has 96 valence electrons. The molecule has 0 fully saturated rings. The number of pyridine rings is 1. The van der Waals surface area contributed by atoms with Crippen molar-refractivity contribution in [3.63, 3.8) is 0 Å². The van der Waals surface area contributed by atoms with Crippen LogP contribution in [0.3, 0.4) is 0 Å². The number of rotatable bonds is 6. The molecule has 0 aromatic carbocycles. The Morgan fingerprint density at radius 1 is 1.17 bits per heavy atom. The molecule has 5 nitrogen and oxygen atoms in total. The summed E-state index contributed by atoms with van der Waals surface area (Å²) in [5.74, 6) is 1.87. The van der Waals surface area contributed by atoms with Crippen molar-refractivity contribution in [3.05, 3.63) is 35.9 Å². The van der Waals surface area contributed by atoms with Crippen LogP contribution in [0, 0.1) is 0 Å². The quantitative estimate of drug-likeness (QED) is 0.844. The Bertz CT molecular complexity index is 477. The summed E-state index contributed by atoms with van der Waals surface area (Å²) in [6, 6.07) is 5.98. The van der Waals surface area contributed by atoms with Gasteiger partial charge in [-0.1, -0.05) is 6.07 Å². The van der Waals surface area contributed by atoms with Crippen molar-refractivity contribution in [2.45, 2.75) is 33.2 Å². The summed E-state index contributed by atoms with van der Waals surface area (Å²) in [6.45, 7) is 5.90. The van der Waals surface area contributed by atoms with Gasteiger partial charge in [-0.3, -0.25) is 9.55 Å². The highest BCUT2D eigenvalue weighted by Gasteiger charge is 2.09. The molecule has 0 aliphatic rings. The summed E-state index contributed by atoms with van der Waals surface area (Å²) < 4.78 is 2.12. The van der Waals surface area contributed by atoms with Crippen molar-refractivity contribution in [2.75, 3.05) is 11.9 Å². The van der Waals surface area contributed by atoms with Crippen LogP contribution in [0.25, 0.3) is 0 Å². The van der Waals surface area contributed by atoms with Gasteiger partial charge in [0.25, 0.3) is 0 Å². The maximum absolute atomic E-state index is 4.32. The Morgan fingerprint density at radius 2 is 2.06 bits per heavy atom. The number of anilines is 1. The minimum absolute atomic E-state index is 0.857. The zero-order valence-electron chi connectivity index (χ0n) is 10.9. The molecule has 2 heterocycles. The van der Waals surface area contributed by atoms with E-state index in [9.17, 15) is 0 Å². The molecule has 0 unspecified atom stereocenters. The van der Waals surface area contributed by atoms with Gasteiger partial charge in [0.1, 0.15) is 5.82 Å². The standard InChI is InChI=1S/C13H19N5/c1-3-14-13-17-16-12(18(13)4-2)9-8-11-7-5-6-10-15-11/h5-7,10H,3-4,8-9H2,1-2H3,(H,14,17). The molecule has 0 saturated heterocycles. The average molecular weight is 245 g/mol. The van der Waals surface area contributed by atoms with E-state index in [1.165, 1.54) is 0 Å². The van der Waals surface area contributed by atoms with Gasteiger partial charge in [0.15, 0.2) is 0 Å². The molecule has 0 aliphatic heterocycles. The number of hydrogen-bond donors (Lipinski definition) is 1. The van der Waals surface area contributed by atoms with E-state index in [2.05, 4.69) is 38.9 Å². The van der Waals surface area contributed by atoms with Crippen molar-refractivity contribution in [1.82, 2.24) is 19.7 Å². The van der Waals surface area contributed by atoms with Crippen molar-refractivity contribution >= 4 is 5.95 Å². The fraction of sp³-hybridized carbons (Fsp3) is 0.462. The fourth-order valence-corrected chi connectivity index (χ4v) is 1.93. The summed E-state index contributed by atoms with van der Waals surface area (Å²) in [5, 5.41) is 11.6. The average Bonchev–Trinajstić information content (AvgIpc) is 2.80. The van der Waals surface area contributed by atoms with Crippen LogP contribution < -0.4 is 5.32 Å². The minimum Gasteiger partial charge on any atom is -0.355 e. The van der Waals surface area contributed by atoms with Crippen molar-refractivity contribution in [2.24, 2.45) is 0 Å². The van der Waals surface area contributed by atoms with Crippen LogP contribution in [0.15, 0.2) is 24.4 Å². The monoisotopic (exact) mass is 245 g/mol. The van der Waals surface area contributed by atoms with Crippen LogP contribution in [-0.4, -0.2) is 26.3 Å². The number of nitrogens with zero attached hydrogens (tertiary/aromatic N) is 4. The van der Waals surface area contributed by atoms with Crippen LogP contribution in [0.2, 0.25) is 0 Å². The molecule has 2 aromatic rings. The van der Waals surface area contributed by atoms with Gasteiger partial charge in [0.05, 0.1) is 0 Å². The third kappa shape index (κ3) is 2.85. The lowest BCUT2D eigenvalue weighted by molar-refractivity contribution is 0.689. The van der Waals surface area contributed by atoms with Crippen LogP contribution >= 0.6 is 0 Å². The van der Waals surface area contributed by atoms with Gasteiger partial charge in [-0.2, -0.15) is 0 Å². The highest BCUT2D eigenvalue weighted by molar-refractivity contribution is 5.25. The van der Waals surface area contributed by atoms with Crippen molar-refractivity contribution < 1.29 is 0 Å². The Morgan fingerprint density at radius 3 is 2.72 bits per heavy atom.